The second-order valence-corrected chi connectivity index (χ2v) is 19.6. The Bertz CT molecular complexity index is 2590. The Morgan fingerprint density at radius 1 is 0.609 bits per heavy atom. The summed E-state index contributed by atoms with van der Waals surface area (Å²) in [4.78, 5) is 84.7. The fraction of sp³-hybridized carbons (Fsp3) is 0.472. The number of likely N-dealkylation sites (tertiary alicyclic amines) is 2. The molecule has 370 valence electrons. The van der Waals surface area contributed by atoms with Crippen LogP contribution < -0.4 is 0 Å². The van der Waals surface area contributed by atoms with Crippen LogP contribution in [0.2, 0.25) is 0 Å². The maximum Gasteiger partial charge on any atom is 0.410 e. The van der Waals surface area contributed by atoms with Crippen LogP contribution in [0.4, 0.5) is 9.59 Å². The Morgan fingerprint density at radius 2 is 0.971 bits per heavy atom. The first-order valence-electron chi connectivity index (χ1n) is 23.1. The van der Waals surface area contributed by atoms with Gasteiger partial charge in [0.15, 0.2) is 0 Å². The molecule has 6 rings (SSSR count). The lowest BCUT2D eigenvalue weighted by Gasteiger charge is -2.38. The number of amides is 2. The molecule has 69 heavy (non-hydrogen) atoms. The lowest BCUT2D eigenvalue weighted by atomic mass is 9.77. The van der Waals surface area contributed by atoms with E-state index in [0.717, 1.165) is 32.9 Å². The standard InChI is InChI=1S/C27H34N2O6.C26H32N2O6/c1-18(34-19(2)30)22-10-9-21-8-7-20(17-23(21)28-22)11-12-27(24(31)33-6)13-15-29(16-14-27)25(32)35-26(3,4)5;1-17(33-18(2)29)21-9-8-20-7-6-19(16-22(20)27-21)10-11-26(23(30)31)12-14-28(15-13-26)24(32)34-25(3,4)5/h7-12,17-18H,13-16H2,1-6H3;6-11,16-17H,12-15H2,1-5H3,(H,30,31)/b12-11+;11-10+/t18-;17-/m11/s1. The zero-order valence-corrected chi connectivity index (χ0v) is 41.6. The van der Waals surface area contributed by atoms with Crippen molar-refractivity contribution in [2.45, 2.75) is 118 Å². The second-order valence-electron chi connectivity index (χ2n) is 19.6. The van der Waals surface area contributed by atoms with Gasteiger partial charge in [0.2, 0.25) is 0 Å². The number of carbonyl (C=O) groups excluding carboxylic acids is 5. The van der Waals surface area contributed by atoms with Crippen molar-refractivity contribution in [3.8, 4) is 0 Å². The lowest BCUT2D eigenvalue weighted by molar-refractivity contribution is -0.152. The predicted molar refractivity (Wildman–Crippen MR) is 261 cm³/mol. The number of carboxylic acids is 1. The minimum absolute atomic E-state index is 0.300. The molecule has 0 spiro atoms. The van der Waals surface area contributed by atoms with Gasteiger partial charge in [-0.1, -0.05) is 60.7 Å². The minimum Gasteiger partial charge on any atom is -0.481 e. The Labute approximate surface area is 404 Å². The monoisotopic (exact) mass is 950 g/mol. The number of nitrogens with zero attached hydrogens (tertiary/aromatic N) is 4. The summed E-state index contributed by atoms with van der Waals surface area (Å²) >= 11 is 0. The molecule has 2 fully saturated rings. The van der Waals surface area contributed by atoms with Crippen LogP contribution in [0.1, 0.15) is 130 Å². The first-order valence-corrected chi connectivity index (χ1v) is 23.1. The van der Waals surface area contributed by atoms with Gasteiger partial charge < -0.3 is 38.6 Å². The van der Waals surface area contributed by atoms with Gasteiger partial charge in [0.05, 0.1) is 40.4 Å². The molecular formula is C53H66N4O12. The van der Waals surface area contributed by atoms with Crippen LogP contribution in [-0.2, 0) is 42.9 Å². The number of hydrogen-bond acceptors (Lipinski definition) is 13. The van der Waals surface area contributed by atoms with E-state index < -0.39 is 46.3 Å². The smallest absolute Gasteiger partial charge is 0.410 e. The maximum atomic E-state index is 12.8. The SMILES string of the molecule is CC(=O)O[C@H](C)c1ccc2ccc(/C=C/C3(C(=O)O)CCN(C(=O)OC(C)(C)C)CC3)cc2n1.COC(=O)C1(/C=C/c2ccc3ccc([C@@H](C)OC(C)=O)nc3c2)CCN(C(=O)OC(C)(C)C)CC1. The number of esters is 3. The highest BCUT2D eigenvalue weighted by molar-refractivity contribution is 5.85. The fourth-order valence-electron chi connectivity index (χ4n) is 8.01. The van der Waals surface area contributed by atoms with Crippen molar-refractivity contribution in [2.75, 3.05) is 33.3 Å². The number of aliphatic carboxylic acids is 1. The zero-order valence-electron chi connectivity index (χ0n) is 41.6. The number of carboxylic acid groups (broad SMARTS) is 1. The first kappa shape index (κ1) is 53.1. The molecule has 0 radical (unpaired) electrons. The van der Waals surface area contributed by atoms with E-state index in [2.05, 4.69) is 9.97 Å². The highest BCUT2D eigenvalue weighted by Crippen LogP contribution is 2.37. The molecule has 2 aromatic heterocycles. The first-order chi connectivity index (χ1) is 32.3. The van der Waals surface area contributed by atoms with Crippen molar-refractivity contribution < 1.29 is 57.6 Å². The number of benzene rings is 2. The summed E-state index contributed by atoms with van der Waals surface area (Å²) in [5, 5.41) is 11.9. The number of rotatable bonds is 10. The average molecular weight is 951 g/mol. The Kier molecular flexibility index (Phi) is 17.0. The Morgan fingerprint density at radius 3 is 1.32 bits per heavy atom. The van der Waals surface area contributed by atoms with Crippen molar-refractivity contribution in [2.24, 2.45) is 10.8 Å². The number of piperidine rings is 2. The molecular weight excluding hydrogens is 885 g/mol. The highest BCUT2D eigenvalue weighted by Gasteiger charge is 2.43. The van der Waals surface area contributed by atoms with Crippen LogP contribution in [0.5, 0.6) is 0 Å². The number of pyridine rings is 2. The van der Waals surface area contributed by atoms with Crippen LogP contribution in [0.15, 0.2) is 72.8 Å². The molecule has 16 nitrogen and oxygen atoms in total. The number of hydrogen-bond donors (Lipinski definition) is 1. The van der Waals surface area contributed by atoms with Crippen LogP contribution in [-0.4, -0.2) is 105 Å². The third-order valence-corrected chi connectivity index (χ3v) is 11.8. The second kappa shape index (κ2) is 22.1. The van der Waals surface area contributed by atoms with E-state index in [-0.39, 0.29) is 24.0 Å². The summed E-state index contributed by atoms with van der Waals surface area (Å²) in [6.07, 6.45) is 7.03. The van der Waals surface area contributed by atoms with E-state index >= 15 is 0 Å². The van der Waals surface area contributed by atoms with Crippen LogP contribution in [0.3, 0.4) is 0 Å². The van der Waals surface area contributed by atoms with Gasteiger partial charge in [-0.3, -0.25) is 19.2 Å². The lowest BCUT2D eigenvalue weighted by Crippen LogP contribution is -2.47. The van der Waals surface area contributed by atoms with E-state index in [9.17, 15) is 33.9 Å². The minimum atomic E-state index is -1.06. The molecule has 2 atom stereocenters. The fourth-order valence-corrected chi connectivity index (χ4v) is 8.01. The zero-order chi connectivity index (χ0) is 50.9. The maximum absolute atomic E-state index is 12.8. The Balaban J connectivity index is 0.000000258. The van der Waals surface area contributed by atoms with Crippen molar-refractivity contribution in [3.05, 3.63) is 95.3 Å². The van der Waals surface area contributed by atoms with Crippen molar-refractivity contribution in [1.29, 1.82) is 0 Å². The van der Waals surface area contributed by atoms with E-state index in [0.29, 0.717) is 63.3 Å². The summed E-state index contributed by atoms with van der Waals surface area (Å²) < 4.78 is 26.5. The number of aromatic nitrogens is 2. The van der Waals surface area contributed by atoms with E-state index in [1.807, 2.05) is 93.6 Å². The van der Waals surface area contributed by atoms with E-state index in [4.69, 9.17) is 23.7 Å². The van der Waals surface area contributed by atoms with E-state index in [1.54, 1.807) is 56.6 Å². The molecule has 0 unspecified atom stereocenters. The largest absolute Gasteiger partial charge is 0.481 e. The third kappa shape index (κ3) is 14.6. The third-order valence-electron chi connectivity index (χ3n) is 11.8. The quantitative estimate of drug-likeness (QED) is 0.116. The molecule has 0 saturated carbocycles. The van der Waals surface area contributed by atoms with Gasteiger partial charge in [-0.05, 0) is 116 Å². The van der Waals surface area contributed by atoms with Crippen LogP contribution in [0.25, 0.3) is 34.0 Å². The van der Waals surface area contributed by atoms with E-state index in [1.165, 1.54) is 21.0 Å². The summed E-state index contributed by atoms with van der Waals surface area (Å²) in [6, 6.07) is 19.1. The number of fused-ring (bicyclic) bond motifs is 2. The van der Waals surface area contributed by atoms with Gasteiger partial charge in [0.1, 0.15) is 23.4 Å². The van der Waals surface area contributed by atoms with Gasteiger partial charge >= 0.3 is 36.1 Å². The topological polar surface area (TPSA) is 201 Å². The average Bonchev–Trinajstić information content (AvgIpc) is 3.28. The van der Waals surface area contributed by atoms with Crippen molar-refractivity contribution in [1.82, 2.24) is 19.8 Å². The van der Waals surface area contributed by atoms with Crippen molar-refractivity contribution in [3.63, 3.8) is 0 Å². The van der Waals surface area contributed by atoms with Gasteiger partial charge in [-0.15, -0.1) is 0 Å². The summed E-state index contributed by atoms with van der Waals surface area (Å²) in [7, 11) is 1.38. The molecule has 2 aliphatic heterocycles. The molecule has 2 aliphatic rings. The molecule has 4 aromatic rings. The van der Waals surface area contributed by atoms with Gasteiger partial charge in [-0.25, -0.2) is 19.6 Å². The molecule has 2 amide bonds. The van der Waals surface area contributed by atoms with Gasteiger partial charge in [0, 0.05) is 50.8 Å². The highest BCUT2D eigenvalue weighted by atomic mass is 16.6. The number of ether oxygens (including phenoxy) is 5. The van der Waals surface area contributed by atoms with Crippen LogP contribution in [0, 0.1) is 10.8 Å². The summed E-state index contributed by atoms with van der Waals surface area (Å²) in [6.45, 7) is 18.6. The molecule has 16 heteroatoms. The molecule has 1 N–H and O–H groups in total. The number of carbonyl (C=O) groups is 6. The Hall–Kier alpha value is -6.84. The normalized spacial score (nSPS) is 16.8. The molecule has 2 aromatic carbocycles. The molecule has 0 aliphatic carbocycles. The molecule has 0 bridgehead atoms. The predicted octanol–water partition coefficient (Wildman–Crippen LogP) is 10.0. The van der Waals surface area contributed by atoms with Gasteiger partial charge in [-0.2, -0.15) is 0 Å². The summed E-state index contributed by atoms with van der Waals surface area (Å²) in [5.41, 5.74) is 1.40. The van der Waals surface area contributed by atoms with Crippen LogP contribution >= 0.6 is 0 Å². The van der Waals surface area contributed by atoms with Crippen molar-refractivity contribution >= 4 is 70.0 Å². The number of methoxy groups -OCH3 is 1. The molecule has 4 heterocycles. The van der Waals surface area contributed by atoms with Gasteiger partial charge in [0.25, 0.3) is 0 Å². The molecule has 2 saturated heterocycles. The summed E-state index contributed by atoms with van der Waals surface area (Å²) in [5.74, 6) is -1.97.